The van der Waals surface area contributed by atoms with Gasteiger partial charge in [0.15, 0.2) is 0 Å². The largest absolute Gasteiger partial charge is 0.546 e. The van der Waals surface area contributed by atoms with E-state index in [9.17, 15) is 9.90 Å². The minimum Gasteiger partial charge on any atom is -0.546 e. The number of aliphatic hydroxyl groups excluding tert-OH is 1. The molecule has 0 heterocycles. The van der Waals surface area contributed by atoms with Gasteiger partial charge in [-0.25, -0.2) is 0 Å². The van der Waals surface area contributed by atoms with E-state index >= 15 is 0 Å². The Morgan fingerprint density at radius 3 is 1.85 bits per heavy atom. The number of carbonyl (C=O) groups is 1. The number of carboxylic acids is 1. The molecule has 0 fully saturated rings. The molecule has 0 radical (unpaired) electrons. The first kappa shape index (κ1) is 22.8. The van der Waals surface area contributed by atoms with E-state index in [0.29, 0.717) is 22.3 Å². The highest BCUT2D eigenvalue weighted by atomic mass is 35.5. The minimum atomic E-state index is -1.26. The lowest BCUT2D eigenvalue weighted by molar-refractivity contribution is -0.870. The molecule has 27 heavy (non-hydrogen) atoms. The first-order valence-corrected chi connectivity index (χ1v) is 8.81. The van der Waals surface area contributed by atoms with Gasteiger partial charge in [0.25, 0.3) is 0 Å². The van der Waals surface area contributed by atoms with Crippen LogP contribution in [0, 0.1) is 0 Å². The number of nitrogens with zero attached hydrogens (tertiary/aromatic N) is 1. The Labute approximate surface area is 165 Å². The molecule has 0 spiro atoms. The summed E-state index contributed by atoms with van der Waals surface area (Å²) in [5.41, 5.74) is 0. The monoisotopic (exact) mass is 395 g/mol. The fourth-order valence-electron chi connectivity index (χ4n) is 1.78. The molecule has 2 aromatic rings. The van der Waals surface area contributed by atoms with Crippen molar-refractivity contribution >= 4 is 17.6 Å². The molecule has 148 valence electrons. The van der Waals surface area contributed by atoms with Crippen LogP contribution in [0.2, 0.25) is 5.02 Å². The smallest absolute Gasteiger partial charge is 0.135 e. The lowest BCUT2D eigenvalue weighted by atomic mass is 10.3. The lowest BCUT2D eigenvalue weighted by Crippen LogP contribution is -2.37. The number of likely N-dealkylation sites (N-methyl/N-ethyl adjacent to an activating group) is 1. The van der Waals surface area contributed by atoms with E-state index in [1.165, 1.54) is 6.92 Å². The van der Waals surface area contributed by atoms with Crippen molar-refractivity contribution < 1.29 is 29.0 Å². The van der Waals surface area contributed by atoms with Gasteiger partial charge in [0, 0.05) is 5.02 Å². The summed E-state index contributed by atoms with van der Waals surface area (Å²) in [7, 11) is 6.16. The Balaban J connectivity index is 0.000000445. The summed E-state index contributed by atoms with van der Waals surface area (Å²) in [6, 6.07) is 13.6. The van der Waals surface area contributed by atoms with Gasteiger partial charge in [-0.2, -0.15) is 0 Å². The summed E-state index contributed by atoms with van der Waals surface area (Å²) in [5, 5.41) is 19.6. The molecule has 0 amide bonds. The third-order valence-electron chi connectivity index (χ3n) is 3.29. The summed E-state index contributed by atoms with van der Waals surface area (Å²) in [5.74, 6) is 0.448. The molecule has 1 atom stereocenters. The summed E-state index contributed by atoms with van der Waals surface area (Å²) < 4.78 is 11.6. The van der Waals surface area contributed by atoms with E-state index in [1.807, 2.05) is 0 Å². The molecule has 0 saturated heterocycles. The number of aliphatic carboxylic acids is 1. The van der Waals surface area contributed by atoms with Gasteiger partial charge in [-0.1, -0.05) is 11.6 Å². The van der Waals surface area contributed by atoms with E-state index in [0.717, 1.165) is 11.0 Å². The van der Waals surface area contributed by atoms with Gasteiger partial charge < -0.3 is 29.0 Å². The highest BCUT2D eigenvalue weighted by Gasteiger charge is 2.05. The van der Waals surface area contributed by atoms with Crippen LogP contribution in [0.5, 0.6) is 17.2 Å². The molecule has 0 aromatic heterocycles. The first-order valence-electron chi connectivity index (χ1n) is 8.43. The zero-order valence-corrected chi connectivity index (χ0v) is 16.8. The average Bonchev–Trinajstić information content (AvgIpc) is 2.58. The molecule has 6 nitrogen and oxygen atoms in total. The number of halogens is 1. The second kappa shape index (κ2) is 10.8. The van der Waals surface area contributed by atoms with Crippen molar-refractivity contribution in [1.29, 1.82) is 0 Å². The highest BCUT2D eigenvalue weighted by Crippen LogP contribution is 2.25. The van der Waals surface area contributed by atoms with Gasteiger partial charge in [-0.3, -0.25) is 0 Å². The maximum atomic E-state index is 10.6. The quantitative estimate of drug-likeness (QED) is 0.728. The molecule has 0 bridgehead atoms. The fraction of sp³-hybridized carbons (Fsp3) is 0.350. The maximum Gasteiger partial charge on any atom is 0.135 e. The van der Waals surface area contributed by atoms with Crippen molar-refractivity contribution in [3.05, 3.63) is 53.6 Å². The number of hydrogen-bond acceptors (Lipinski definition) is 5. The van der Waals surface area contributed by atoms with Crippen LogP contribution in [0.1, 0.15) is 6.92 Å². The van der Waals surface area contributed by atoms with Gasteiger partial charge in [-0.05, 0) is 55.5 Å². The molecule has 0 saturated carbocycles. The zero-order chi connectivity index (χ0) is 20.4. The van der Waals surface area contributed by atoms with Crippen molar-refractivity contribution in [2.45, 2.75) is 13.0 Å². The molecule has 1 unspecified atom stereocenters. The third-order valence-corrected chi connectivity index (χ3v) is 3.54. The summed E-state index contributed by atoms with van der Waals surface area (Å²) in [4.78, 5) is 10.6. The van der Waals surface area contributed by atoms with E-state index < -0.39 is 12.1 Å². The van der Waals surface area contributed by atoms with Crippen LogP contribution >= 0.6 is 11.6 Å². The number of aliphatic hydroxyl groups is 1. The number of carbonyl (C=O) groups excluding carboxylic acids is 1. The van der Waals surface area contributed by atoms with Crippen molar-refractivity contribution in [1.82, 2.24) is 0 Å². The predicted octanol–water partition coefficient (Wildman–Crippen LogP) is 2.33. The molecule has 0 aliphatic carbocycles. The van der Waals surface area contributed by atoms with Gasteiger partial charge in [0.1, 0.15) is 29.9 Å². The Morgan fingerprint density at radius 1 is 1.04 bits per heavy atom. The zero-order valence-electron chi connectivity index (χ0n) is 16.0. The standard InChI is InChI=1S/C15H13ClO4.C5H14NO/c1-10(15(17)18)19-12-6-8-14(9-7-12)20-13-4-2-11(16)3-5-13;1-6(2,3)4-5-7/h2-10H,1H3,(H,17,18);7H,4-5H2,1-3H3/q;+1/p-1. The fourth-order valence-corrected chi connectivity index (χ4v) is 1.90. The summed E-state index contributed by atoms with van der Waals surface area (Å²) >= 11 is 5.78. The van der Waals surface area contributed by atoms with E-state index in [4.69, 9.17) is 26.2 Å². The molecule has 2 aromatic carbocycles. The molecule has 2 rings (SSSR count). The first-order chi connectivity index (χ1) is 12.6. The Bertz CT molecular complexity index is 696. The number of quaternary nitrogens is 1. The van der Waals surface area contributed by atoms with Gasteiger partial charge in [0.2, 0.25) is 0 Å². The summed E-state index contributed by atoms with van der Waals surface area (Å²) in [6.07, 6.45) is -1.00. The van der Waals surface area contributed by atoms with Crippen LogP contribution in [0.3, 0.4) is 0 Å². The van der Waals surface area contributed by atoms with Gasteiger partial charge in [0.05, 0.1) is 33.7 Å². The predicted molar refractivity (Wildman–Crippen MR) is 103 cm³/mol. The second-order valence-electron chi connectivity index (χ2n) is 6.84. The Morgan fingerprint density at radius 2 is 1.48 bits per heavy atom. The van der Waals surface area contributed by atoms with E-state index in [2.05, 4.69) is 21.1 Å². The average molecular weight is 396 g/mol. The van der Waals surface area contributed by atoms with Crippen LogP contribution in [0.15, 0.2) is 48.5 Å². The van der Waals surface area contributed by atoms with Gasteiger partial charge in [-0.15, -0.1) is 0 Å². The molecular weight excluding hydrogens is 370 g/mol. The number of hydrogen-bond donors (Lipinski definition) is 1. The number of carboxylic acid groups (broad SMARTS) is 1. The molecule has 0 aliphatic rings. The summed E-state index contributed by atoms with van der Waals surface area (Å²) in [6.45, 7) is 2.52. The van der Waals surface area contributed by atoms with Crippen LogP contribution in [0.4, 0.5) is 0 Å². The van der Waals surface area contributed by atoms with E-state index in [1.54, 1.807) is 48.5 Å². The number of rotatable bonds is 7. The molecular formula is C20H26ClNO5. The van der Waals surface area contributed by atoms with Crippen molar-refractivity contribution in [2.75, 3.05) is 34.3 Å². The van der Waals surface area contributed by atoms with Crippen LogP contribution in [-0.4, -0.2) is 56.0 Å². The normalized spacial score (nSPS) is 11.8. The van der Waals surface area contributed by atoms with Crippen LogP contribution < -0.4 is 14.6 Å². The SMILES string of the molecule is CC(Oc1ccc(Oc2ccc(Cl)cc2)cc1)C(=O)[O-].C[N+](C)(C)CCO. The molecule has 1 N–H and O–H groups in total. The number of benzene rings is 2. The Hall–Kier alpha value is -2.28. The lowest BCUT2D eigenvalue weighted by Gasteiger charge is -2.21. The van der Waals surface area contributed by atoms with Crippen LogP contribution in [-0.2, 0) is 4.79 Å². The van der Waals surface area contributed by atoms with Crippen LogP contribution in [0.25, 0.3) is 0 Å². The van der Waals surface area contributed by atoms with Gasteiger partial charge >= 0.3 is 0 Å². The number of ether oxygens (including phenoxy) is 2. The molecule has 7 heteroatoms. The molecule has 0 aliphatic heterocycles. The topological polar surface area (TPSA) is 78.8 Å². The van der Waals surface area contributed by atoms with Crippen molar-refractivity contribution in [2.24, 2.45) is 0 Å². The van der Waals surface area contributed by atoms with E-state index in [-0.39, 0.29) is 6.61 Å². The maximum absolute atomic E-state index is 10.6. The van der Waals surface area contributed by atoms with Crippen molar-refractivity contribution in [3.63, 3.8) is 0 Å². The highest BCUT2D eigenvalue weighted by molar-refractivity contribution is 6.30. The second-order valence-corrected chi connectivity index (χ2v) is 7.28. The Kier molecular flexibility index (Phi) is 9.08. The van der Waals surface area contributed by atoms with Crippen molar-refractivity contribution in [3.8, 4) is 17.2 Å². The third kappa shape index (κ3) is 9.84. The minimum absolute atomic E-state index is 0.281.